The number of carbonyl (C=O) groups excluding carboxylic acids is 3. The maximum absolute atomic E-state index is 14.0. The molecule has 1 aromatic carbocycles. The first-order valence-electron chi connectivity index (χ1n) is 8.77. The summed E-state index contributed by atoms with van der Waals surface area (Å²) in [5.74, 6) is -2.92. The Labute approximate surface area is 162 Å². The number of hydrogen-bond donors (Lipinski definition) is 1. The molecule has 2 atom stereocenters. The predicted molar refractivity (Wildman–Crippen MR) is 98.4 cm³/mol. The Balaban J connectivity index is 2.26. The topological polar surface area (TPSA) is 96.4 Å². The summed E-state index contributed by atoms with van der Waals surface area (Å²) in [4.78, 5) is 39.5. The average Bonchev–Trinajstić information content (AvgIpc) is 2.60. The van der Waals surface area contributed by atoms with E-state index in [0.717, 1.165) is 6.07 Å². The lowest BCUT2D eigenvalue weighted by Gasteiger charge is -2.34. The Morgan fingerprint density at radius 3 is 2.57 bits per heavy atom. The van der Waals surface area contributed by atoms with E-state index in [2.05, 4.69) is 0 Å². The van der Waals surface area contributed by atoms with Gasteiger partial charge in [-0.3, -0.25) is 9.59 Å². The number of amides is 2. The minimum Gasteiger partial charge on any atom is -0.458 e. The summed E-state index contributed by atoms with van der Waals surface area (Å²) in [7, 11) is 2.98. The van der Waals surface area contributed by atoms with E-state index in [-0.39, 0.29) is 24.4 Å². The summed E-state index contributed by atoms with van der Waals surface area (Å²) >= 11 is 0. The van der Waals surface area contributed by atoms with Crippen molar-refractivity contribution < 1.29 is 33.4 Å². The SMILES string of the molecule is CN(C)C(=O)c1cc(N2CCO[C@H]([C@@H](O)C(=O)OC(C)(C)C)C2=O)ccc1F. The van der Waals surface area contributed by atoms with Crippen molar-refractivity contribution in [2.24, 2.45) is 0 Å². The predicted octanol–water partition coefficient (Wildman–Crippen LogP) is 0.962. The van der Waals surface area contributed by atoms with Crippen LogP contribution in [0.15, 0.2) is 18.2 Å². The molecule has 2 rings (SSSR count). The number of aliphatic hydroxyl groups excluding tert-OH is 1. The normalized spacial score (nSPS) is 18.6. The summed E-state index contributed by atoms with van der Waals surface area (Å²) in [6.07, 6.45) is -3.26. The minimum atomic E-state index is -1.81. The number of aliphatic hydroxyl groups is 1. The van der Waals surface area contributed by atoms with Gasteiger partial charge in [-0.05, 0) is 39.0 Å². The number of rotatable bonds is 4. The number of ether oxygens (including phenoxy) is 2. The van der Waals surface area contributed by atoms with Crippen LogP contribution in [0, 0.1) is 5.82 Å². The van der Waals surface area contributed by atoms with Crippen LogP contribution < -0.4 is 4.90 Å². The highest BCUT2D eigenvalue weighted by molar-refractivity contribution is 6.02. The molecule has 0 bridgehead atoms. The molecule has 1 heterocycles. The number of hydrogen-bond acceptors (Lipinski definition) is 6. The van der Waals surface area contributed by atoms with Crippen molar-refractivity contribution in [1.82, 2.24) is 4.90 Å². The van der Waals surface area contributed by atoms with Crippen molar-refractivity contribution in [1.29, 1.82) is 0 Å². The highest BCUT2D eigenvalue weighted by atomic mass is 19.1. The molecule has 2 amide bonds. The highest BCUT2D eigenvalue weighted by Crippen LogP contribution is 2.24. The van der Waals surface area contributed by atoms with E-state index in [1.54, 1.807) is 20.8 Å². The maximum Gasteiger partial charge on any atom is 0.338 e. The van der Waals surface area contributed by atoms with Crippen LogP contribution in [0.25, 0.3) is 0 Å². The lowest BCUT2D eigenvalue weighted by molar-refractivity contribution is -0.177. The van der Waals surface area contributed by atoms with E-state index in [9.17, 15) is 23.9 Å². The van der Waals surface area contributed by atoms with E-state index in [1.165, 1.54) is 36.0 Å². The zero-order valence-corrected chi connectivity index (χ0v) is 16.6. The van der Waals surface area contributed by atoms with Gasteiger partial charge < -0.3 is 24.4 Å². The molecule has 28 heavy (non-hydrogen) atoms. The zero-order valence-electron chi connectivity index (χ0n) is 16.6. The van der Waals surface area contributed by atoms with Gasteiger partial charge in [0, 0.05) is 26.3 Å². The first-order valence-corrected chi connectivity index (χ1v) is 8.77. The number of halogens is 1. The van der Waals surface area contributed by atoms with Crippen LogP contribution in [-0.4, -0.2) is 72.8 Å². The maximum atomic E-state index is 14.0. The van der Waals surface area contributed by atoms with E-state index in [1.807, 2.05) is 0 Å². The fourth-order valence-corrected chi connectivity index (χ4v) is 2.66. The van der Waals surface area contributed by atoms with Crippen LogP contribution in [0.3, 0.4) is 0 Å². The number of morpholine rings is 1. The molecule has 0 radical (unpaired) electrons. The molecule has 9 heteroatoms. The van der Waals surface area contributed by atoms with Crippen molar-refractivity contribution in [2.75, 3.05) is 32.1 Å². The first-order chi connectivity index (χ1) is 12.9. The van der Waals surface area contributed by atoms with Crippen molar-refractivity contribution in [3.8, 4) is 0 Å². The molecule has 154 valence electrons. The van der Waals surface area contributed by atoms with Crippen molar-refractivity contribution in [3.63, 3.8) is 0 Å². The van der Waals surface area contributed by atoms with Gasteiger partial charge >= 0.3 is 5.97 Å². The molecule has 0 unspecified atom stereocenters. The van der Waals surface area contributed by atoms with Gasteiger partial charge in [0.1, 0.15) is 11.4 Å². The monoisotopic (exact) mass is 396 g/mol. The van der Waals surface area contributed by atoms with E-state index in [0.29, 0.717) is 0 Å². The molecule has 1 fully saturated rings. The van der Waals surface area contributed by atoms with Gasteiger partial charge in [-0.1, -0.05) is 0 Å². The Hall–Kier alpha value is -2.52. The lowest BCUT2D eigenvalue weighted by atomic mass is 10.1. The molecule has 1 N–H and O–H groups in total. The van der Waals surface area contributed by atoms with Gasteiger partial charge in [0.15, 0.2) is 12.2 Å². The van der Waals surface area contributed by atoms with Crippen LogP contribution in [0.5, 0.6) is 0 Å². The van der Waals surface area contributed by atoms with Gasteiger partial charge in [0.2, 0.25) is 0 Å². The number of benzene rings is 1. The van der Waals surface area contributed by atoms with Crippen LogP contribution >= 0.6 is 0 Å². The molecule has 1 saturated heterocycles. The standard InChI is InChI=1S/C19H25FN2O6/c1-19(2,3)28-18(26)14(23)15-17(25)22(8-9-27-15)11-6-7-13(20)12(10-11)16(24)21(4)5/h6-7,10,14-15,23H,8-9H2,1-5H3/t14-,15-/m1/s1. The first kappa shape index (κ1) is 21.8. The van der Waals surface area contributed by atoms with E-state index < -0.39 is 41.4 Å². The number of carbonyl (C=O) groups is 3. The minimum absolute atomic E-state index is 0.0462. The number of anilines is 1. The molecular weight excluding hydrogens is 371 g/mol. The largest absolute Gasteiger partial charge is 0.458 e. The third-order valence-electron chi connectivity index (χ3n) is 3.95. The molecular formula is C19H25FN2O6. The quantitative estimate of drug-likeness (QED) is 0.762. The second-order valence-electron chi connectivity index (χ2n) is 7.62. The molecule has 8 nitrogen and oxygen atoms in total. The Bertz CT molecular complexity index is 774. The highest BCUT2D eigenvalue weighted by Gasteiger charge is 2.41. The number of esters is 1. The Morgan fingerprint density at radius 1 is 1.36 bits per heavy atom. The molecule has 1 aliphatic rings. The van der Waals surface area contributed by atoms with Crippen molar-refractivity contribution in [3.05, 3.63) is 29.6 Å². The second kappa shape index (κ2) is 8.24. The third-order valence-corrected chi connectivity index (χ3v) is 3.95. The van der Waals surface area contributed by atoms with Gasteiger partial charge in [0.25, 0.3) is 11.8 Å². The molecule has 0 saturated carbocycles. The molecule has 1 aromatic rings. The van der Waals surface area contributed by atoms with Crippen molar-refractivity contribution >= 4 is 23.5 Å². The van der Waals surface area contributed by atoms with Crippen LogP contribution in [0.2, 0.25) is 0 Å². The molecule has 0 spiro atoms. The van der Waals surface area contributed by atoms with Crippen LogP contribution in [0.4, 0.5) is 10.1 Å². The number of nitrogens with zero attached hydrogens (tertiary/aromatic N) is 2. The van der Waals surface area contributed by atoms with Gasteiger partial charge in [-0.15, -0.1) is 0 Å². The smallest absolute Gasteiger partial charge is 0.338 e. The summed E-state index contributed by atoms with van der Waals surface area (Å²) < 4.78 is 24.4. The zero-order chi connectivity index (χ0) is 21.2. The van der Waals surface area contributed by atoms with Gasteiger partial charge in [-0.2, -0.15) is 0 Å². The van der Waals surface area contributed by atoms with Crippen molar-refractivity contribution in [2.45, 2.75) is 38.6 Å². The molecule has 0 aromatic heterocycles. The lowest BCUT2D eigenvalue weighted by Crippen LogP contribution is -2.55. The third kappa shape index (κ3) is 4.85. The van der Waals surface area contributed by atoms with Crippen LogP contribution in [-0.2, 0) is 19.1 Å². The Kier molecular flexibility index (Phi) is 6.41. The summed E-state index contributed by atoms with van der Waals surface area (Å²) in [5, 5.41) is 10.2. The fourth-order valence-electron chi connectivity index (χ4n) is 2.66. The summed E-state index contributed by atoms with van der Waals surface area (Å²) in [5.41, 5.74) is -0.763. The van der Waals surface area contributed by atoms with E-state index in [4.69, 9.17) is 9.47 Å². The van der Waals surface area contributed by atoms with Gasteiger partial charge in [-0.25, -0.2) is 9.18 Å². The average molecular weight is 396 g/mol. The van der Waals surface area contributed by atoms with Gasteiger partial charge in [0.05, 0.1) is 12.2 Å². The van der Waals surface area contributed by atoms with E-state index >= 15 is 0 Å². The molecule has 0 aliphatic carbocycles. The fraction of sp³-hybridized carbons (Fsp3) is 0.526. The van der Waals surface area contributed by atoms with Crippen LogP contribution in [0.1, 0.15) is 31.1 Å². The Morgan fingerprint density at radius 2 is 2.00 bits per heavy atom. The molecule has 1 aliphatic heterocycles. The second-order valence-corrected chi connectivity index (χ2v) is 7.62. The summed E-state index contributed by atoms with van der Waals surface area (Å²) in [6.45, 7) is 5.07. The summed E-state index contributed by atoms with van der Waals surface area (Å²) in [6, 6.07) is 3.70.